The first-order valence-electron chi connectivity index (χ1n) is 8.32. The van der Waals surface area contributed by atoms with Gasteiger partial charge >= 0.3 is 0 Å². The molecule has 26 heavy (non-hydrogen) atoms. The van der Waals surface area contributed by atoms with E-state index in [4.69, 9.17) is 0 Å². The van der Waals surface area contributed by atoms with Gasteiger partial charge < -0.3 is 10.2 Å². The van der Waals surface area contributed by atoms with Gasteiger partial charge in [-0.15, -0.1) is 0 Å². The maximum Gasteiger partial charge on any atom is 0.274 e. The van der Waals surface area contributed by atoms with Gasteiger partial charge in [0, 0.05) is 18.3 Å². The van der Waals surface area contributed by atoms with Crippen LogP contribution in [0, 0.1) is 12.7 Å². The van der Waals surface area contributed by atoms with Crippen molar-refractivity contribution in [2.45, 2.75) is 13.8 Å². The smallest absolute Gasteiger partial charge is 0.274 e. The molecule has 132 valence electrons. The van der Waals surface area contributed by atoms with Crippen LogP contribution in [0.25, 0.3) is 0 Å². The van der Waals surface area contributed by atoms with Crippen molar-refractivity contribution in [2.24, 2.45) is 0 Å². The van der Waals surface area contributed by atoms with E-state index in [2.05, 4.69) is 15.3 Å². The Morgan fingerprint density at radius 2 is 1.77 bits per heavy atom. The average Bonchev–Trinajstić information content (AvgIpc) is 2.65. The number of nitrogens with zero attached hydrogens (tertiary/aromatic N) is 3. The third-order valence-electron chi connectivity index (χ3n) is 3.84. The molecule has 0 fully saturated rings. The highest BCUT2D eigenvalue weighted by Gasteiger charge is 2.16. The summed E-state index contributed by atoms with van der Waals surface area (Å²) in [6.07, 6.45) is 0. The molecule has 3 rings (SSSR count). The minimum atomic E-state index is -0.494. The molecule has 6 heteroatoms. The number of nitrogens with one attached hydrogen (secondary N) is 1. The number of hydrogen-bond acceptors (Lipinski definition) is 4. The zero-order valence-corrected chi connectivity index (χ0v) is 14.6. The molecule has 1 heterocycles. The van der Waals surface area contributed by atoms with Gasteiger partial charge in [0.15, 0.2) is 0 Å². The number of amides is 1. The highest BCUT2D eigenvalue weighted by molar-refractivity contribution is 6.03. The normalized spacial score (nSPS) is 10.4. The van der Waals surface area contributed by atoms with E-state index < -0.39 is 11.7 Å². The van der Waals surface area contributed by atoms with Gasteiger partial charge in [-0.25, -0.2) is 14.4 Å². The number of aromatic nitrogens is 2. The number of aryl methyl sites for hydroxylation is 1. The predicted molar refractivity (Wildman–Crippen MR) is 100 cm³/mol. The molecule has 0 atom stereocenters. The molecule has 5 nitrogen and oxygen atoms in total. The summed E-state index contributed by atoms with van der Waals surface area (Å²) in [4.78, 5) is 23.2. The number of anilines is 3. The van der Waals surface area contributed by atoms with E-state index in [1.165, 1.54) is 12.1 Å². The first-order chi connectivity index (χ1) is 12.6. The number of carbonyl (C=O) groups is 1. The zero-order chi connectivity index (χ0) is 18.5. The number of hydrogen-bond donors (Lipinski definition) is 1. The molecule has 2 aromatic carbocycles. The summed E-state index contributed by atoms with van der Waals surface area (Å²) < 4.78 is 13.8. The molecule has 0 spiro atoms. The third-order valence-corrected chi connectivity index (χ3v) is 3.84. The van der Waals surface area contributed by atoms with Crippen LogP contribution in [-0.4, -0.2) is 22.4 Å². The van der Waals surface area contributed by atoms with Crippen molar-refractivity contribution >= 4 is 23.1 Å². The Labute approximate surface area is 151 Å². The quantitative estimate of drug-likeness (QED) is 0.744. The molecule has 0 saturated carbocycles. The van der Waals surface area contributed by atoms with Gasteiger partial charge in [-0.2, -0.15) is 0 Å². The minimum absolute atomic E-state index is 0.116. The molecule has 1 aromatic heterocycles. The second-order valence-electron chi connectivity index (χ2n) is 5.67. The minimum Gasteiger partial charge on any atom is -0.327 e. The zero-order valence-electron chi connectivity index (χ0n) is 14.6. The number of benzene rings is 2. The number of para-hydroxylation sites is 2. The molecule has 0 unspecified atom stereocenters. The summed E-state index contributed by atoms with van der Waals surface area (Å²) in [7, 11) is 0. The summed E-state index contributed by atoms with van der Waals surface area (Å²) in [6.45, 7) is 4.40. The van der Waals surface area contributed by atoms with Crippen LogP contribution in [0.3, 0.4) is 0 Å². The SMILES string of the molecule is CCN(c1ccccc1)c1cc(C(=O)Nc2ccccc2F)nc(C)n1. The molecule has 0 aliphatic carbocycles. The fourth-order valence-electron chi connectivity index (χ4n) is 2.64. The second-order valence-corrected chi connectivity index (χ2v) is 5.67. The van der Waals surface area contributed by atoms with Crippen molar-refractivity contribution in [3.05, 3.63) is 78.0 Å². The number of rotatable bonds is 5. The Bertz CT molecular complexity index is 915. The largest absolute Gasteiger partial charge is 0.327 e. The van der Waals surface area contributed by atoms with E-state index in [-0.39, 0.29) is 11.4 Å². The van der Waals surface area contributed by atoms with Crippen LogP contribution < -0.4 is 10.2 Å². The molecule has 0 radical (unpaired) electrons. The Balaban J connectivity index is 1.92. The highest BCUT2D eigenvalue weighted by atomic mass is 19.1. The molecule has 1 N–H and O–H groups in total. The summed E-state index contributed by atoms with van der Waals surface area (Å²) in [6, 6.07) is 17.4. The Morgan fingerprint density at radius 1 is 1.08 bits per heavy atom. The van der Waals surface area contributed by atoms with Gasteiger partial charge in [-0.3, -0.25) is 4.79 Å². The summed E-state index contributed by atoms with van der Waals surface area (Å²) in [5, 5.41) is 2.55. The van der Waals surface area contributed by atoms with Crippen molar-refractivity contribution < 1.29 is 9.18 Å². The van der Waals surface area contributed by atoms with Gasteiger partial charge in [-0.05, 0) is 38.1 Å². The van der Waals surface area contributed by atoms with Crippen LogP contribution in [0.4, 0.5) is 21.6 Å². The van der Waals surface area contributed by atoms with E-state index in [1.807, 2.05) is 42.2 Å². The Morgan fingerprint density at radius 3 is 2.46 bits per heavy atom. The van der Waals surface area contributed by atoms with Crippen LogP contribution in [0.2, 0.25) is 0 Å². The standard InChI is InChI=1S/C20H19FN4O/c1-3-25(15-9-5-4-6-10-15)19-13-18(22-14(2)23-19)20(26)24-17-12-8-7-11-16(17)21/h4-13H,3H2,1-2H3,(H,24,26). The lowest BCUT2D eigenvalue weighted by molar-refractivity contribution is 0.102. The van der Waals surface area contributed by atoms with Crippen LogP contribution in [0.15, 0.2) is 60.7 Å². The molecule has 0 aliphatic rings. The van der Waals surface area contributed by atoms with E-state index in [9.17, 15) is 9.18 Å². The lowest BCUT2D eigenvalue weighted by atomic mass is 10.2. The highest BCUT2D eigenvalue weighted by Crippen LogP contribution is 2.24. The monoisotopic (exact) mass is 350 g/mol. The maximum atomic E-state index is 13.8. The molecular formula is C20H19FN4O. The molecule has 1 amide bonds. The van der Waals surface area contributed by atoms with Crippen LogP contribution in [0.5, 0.6) is 0 Å². The second kappa shape index (κ2) is 7.74. The summed E-state index contributed by atoms with van der Waals surface area (Å²) >= 11 is 0. The van der Waals surface area contributed by atoms with E-state index in [1.54, 1.807) is 25.1 Å². The fraction of sp³-hybridized carbons (Fsp3) is 0.150. The van der Waals surface area contributed by atoms with Crippen molar-refractivity contribution in [1.82, 2.24) is 9.97 Å². The fourth-order valence-corrected chi connectivity index (χ4v) is 2.64. The van der Waals surface area contributed by atoms with Crippen LogP contribution in [-0.2, 0) is 0 Å². The lowest BCUT2D eigenvalue weighted by Crippen LogP contribution is -2.21. The van der Waals surface area contributed by atoms with Crippen LogP contribution in [0.1, 0.15) is 23.2 Å². The number of halogens is 1. The Hall–Kier alpha value is -3.28. The number of carbonyl (C=O) groups excluding carboxylic acids is 1. The molecule has 0 saturated heterocycles. The molecule has 3 aromatic rings. The van der Waals surface area contributed by atoms with Crippen molar-refractivity contribution in [2.75, 3.05) is 16.8 Å². The van der Waals surface area contributed by atoms with Gasteiger partial charge in [-0.1, -0.05) is 30.3 Å². The molecular weight excluding hydrogens is 331 g/mol. The van der Waals surface area contributed by atoms with Crippen molar-refractivity contribution in [3.8, 4) is 0 Å². The van der Waals surface area contributed by atoms with Crippen molar-refractivity contribution in [1.29, 1.82) is 0 Å². The Kier molecular flexibility index (Phi) is 5.22. The van der Waals surface area contributed by atoms with Gasteiger partial charge in [0.25, 0.3) is 5.91 Å². The van der Waals surface area contributed by atoms with Crippen LogP contribution >= 0.6 is 0 Å². The first-order valence-corrected chi connectivity index (χ1v) is 8.32. The average molecular weight is 350 g/mol. The van der Waals surface area contributed by atoms with Gasteiger partial charge in [0.2, 0.25) is 0 Å². The van der Waals surface area contributed by atoms with Gasteiger partial charge in [0.1, 0.15) is 23.2 Å². The molecule has 0 aliphatic heterocycles. The lowest BCUT2D eigenvalue weighted by Gasteiger charge is -2.22. The molecule has 0 bridgehead atoms. The summed E-state index contributed by atoms with van der Waals surface area (Å²) in [5.74, 6) is 0.109. The van der Waals surface area contributed by atoms with E-state index in [0.717, 1.165) is 5.69 Å². The van der Waals surface area contributed by atoms with Gasteiger partial charge in [0.05, 0.1) is 5.69 Å². The van der Waals surface area contributed by atoms with E-state index >= 15 is 0 Å². The third kappa shape index (κ3) is 3.85. The maximum absolute atomic E-state index is 13.8. The van der Waals surface area contributed by atoms with E-state index in [0.29, 0.717) is 18.2 Å². The first kappa shape index (κ1) is 17.5. The van der Waals surface area contributed by atoms with Crippen molar-refractivity contribution in [3.63, 3.8) is 0 Å². The summed E-state index contributed by atoms with van der Waals surface area (Å²) in [5.41, 5.74) is 1.27. The topological polar surface area (TPSA) is 58.1 Å². The predicted octanol–water partition coefficient (Wildman–Crippen LogP) is 4.33.